The molecule has 1 aliphatic rings. The topological polar surface area (TPSA) is 54.3 Å². The number of anilines is 1. The molecule has 4 rings (SSSR count). The predicted octanol–water partition coefficient (Wildman–Crippen LogP) is 5.45. The van der Waals surface area contributed by atoms with E-state index in [9.17, 15) is 9.59 Å². The first kappa shape index (κ1) is 23.0. The number of carbonyl (C=O) groups excluding carboxylic acids is 2. The van der Waals surface area contributed by atoms with Crippen LogP contribution in [0.2, 0.25) is 5.02 Å². The summed E-state index contributed by atoms with van der Waals surface area (Å²) in [6.07, 6.45) is 2.52. The summed E-state index contributed by atoms with van der Waals surface area (Å²) in [5.41, 5.74) is 6.48. The quantitative estimate of drug-likeness (QED) is 0.309. The maximum absolute atomic E-state index is 13.4. The van der Waals surface area contributed by atoms with Gasteiger partial charge in [-0.2, -0.15) is 0 Å². The lowest BCUT2D eigenvalue weighted by Crippen LogP contribution is -2.54. The van der Waals surface area contributed by atoms with Crippen molar-refractivity contribution in [3.8, 4) is 5.69 Å². The van der Waals surface area contributed by atoms with Crippen LogP contribution in [0.25, 0.3) is 11.8 Å². The van der Waals surface area contributed by atoms with Crippen molar-refractivity contribution in [3.63, 3.8) is 0 Å². The Morgan fingerprint density at radius 2 is 1.73 bits per heavy atom. The van der Waals surface area contributed by atoms with Gasteiger partial charge in [0.25, 0.3) is 11.8 Å². The fraction of sp³-hybridized carbons (Fsp3) is 0.192. The van der Waals surface area contributed by atoms with Crippen LogP contribution in [-0.2, 0) is 16.0 Å². The minimum Gasteiger partial charge on any atom is -0.318 e. The van der Waals surface area contributed by atoms with Gasteiger partial charge in [-0.1, -0.05) is 36.7 Å². The normalized spacial score (nSPS) is 15.4. The van der Waals surface area contributed by atoms with Crippen LogP contribution < -0.4 is 10.2 Å². The van der Waals surface area contributed by atoms with Gasteiger partial charge >= 0.3 is 0 Å². The van der Waals surface area contributed by atoms with Crippen LogP contribution in [0, 0.1) is 20.8 Å². The van der Waals surface area contributed by atoms with E-state index in [1.54, 1.807) is 6.08 Å². The first-order valence-corrected chi connectivity index (χ1v) is 11.5. The molecule has 0 bridgehead atoms. The molecule has 33 heavy (non-hydrogen) atoms. The number of amides is 2. The molecule has 1 saturated heterocycles. The summed E-state index contributed by atoms with van der Waals surface area (Å²) < 4.78 is 2.07. The molecular weight excluding hydrogens is 454 g/mol. The molecule has 0 radical (unpaired) electrons. The van der Waals surface area contributed by atoms with Gasteiger partial charge in [0, 0.05) is 22.1 Å². The van der Waals surface area contributed by atoms with Gasteiger partial charge in [-0.3, -0.25) is 19.8 Å². The summed E-state index contributed by atoms with van der Waals surface area (Å²) in [6, 6.07) is 15.3. The summed E-state index contributed by atoms with van der Waals surface area (Å²) >= 11 is 11.6. The van der Waals surface area contributed by atoms with Crippen LogP contribution in [-0.4, -0.2) is 21.5 Å². The fourth-order valence-electron chi connectivity index (χ4n) is 4.06. The average Bonchev–Trinajstić information content (AvgIpc) is 3.06. The van der Waals surface area contributed by atoms with E-state index in [2.05, 4.69) is 16.8 Å². The lowest BCUT2D eigenvalue weighted by Gasteiger charge is -2.29. The summed E-state index contributed by atoms with van der Waals surface area (Å²) in [5, 5.41) is 3.37. The molecule has 2 amide bonds. The molecule has 0 unspecified atom stereocenters. The van der Waals surface area contributed by atoms with Gasteiger partial charge in [0.1, 0.15) is 5.57 Å². The molecule has 3 aromatic rings. The molecule has 1 aromatic heterocycles. The molecular formula is C26H24ClN3O2S. The van der Waals surface area contributed by atoms with Gasteiger partial charge in [-0.25, -0.2) is 0 Å². The largest absolute Gasteiger partial charge is 0.318 e. The van der Waals surface area contributed by atoms with E-state index in [0.29, 0.717) is 10.7 Å². The van der Waals surface area contributed by atoms with E-state index < -0.39 is 11.8 Å². The zero-order chi connectivity index (χ0) is 23.9. The smallest absolute Gasteiger partial charge is 0.270 e. The SMILES string of the molecule is CCc1ccc(N2C(=O)/C(=C/c3cc(C)n(-c4cc(Cl)ccc4C)c3C)C(=O)NC2=S)cc1. The molecule has 1 N–H and O–H groups in total. The molecule has 0 saturated carbocycles. The number of aryl methyl sites for hydroxylation is 3. The lowest BCUT2D eigenvalue weighted by atomic mass is 10.1. The van der Waals surface area contributed by atoms with Crippen LogP contribution in [0.15, 0.2) is 54.1 Å². The number of hydrogen-bond acceptors (Lipinski definition) is 3. The van der Waals surface area contributed by atoms with Crippen LogP contribution in [0.1, 0.15) is 35.0 Å². The number of halogens is 1. The Morgan fingerprint density at radius 1 is 1.03 bits per heavy atom. The third-order valence-electron chi connectivity index (χ3n) is 5.89. The zero-order valence-corrected chi connectivity index (χ0v) is 20.5. The van der Waals surface area contributed by atoms with Crippen molar-refractivity contribution in [3.05, 3.63) is 87.2 Å². The highest BCUT2D eigenvalue weighted by molar-refractivity contribution is 7.80. The number of benzene rings is 2. The van der Waals surface area contributed by atoms with Crippen LogP contribution in [0.5, 0.6) is 0 Å². The highest BCUT2D eigenvalue weighted by Gasteiger charge is 2.34. The Hall–Kier alpha value is -3.22. The molecule has 1 fully saturated rings. The molecule has 0 aliphatic carbocycles. The van der Waals surface area contributed by atoms with Gasteiger partial charge in [0.05, 0.1) is 5.69 Å². The van der Waals surface area contributed by atoms with Crippen LogP contribution in [0.4, 0.5) is 5.69 Å². The minimum atomic E-state index is -0.504. The second-order valence-corrected chi connectivity index (χ2v) is 8.89. The maximum Gasteiger partial charge on any atom is 0.270 e. The van der Waals surface area contributed by atoms with Crippen molar-refractivity contribution >= 4 is 52.5 Å². The van der Waals surface area contributed by atoms with E-state index in [4.69, 9.17) is 23.8 Å². The Balaban J connectivity index is 1.76. The fourth-order valence-corrected chi connectivity index (χ4v) is 4.50. The second-order valence-electron chi connectivity index (χ2n) is 8.07. The Kier molecular flexibility index (Phi) is 6.23. The van der Waals surface area contributed by atoms with E-state index in [1.807, 2.05) is 69.3 Å². The summed E-state index contributed by atoms with van der Waals surface area (Å²) in [5.74, 6) is -0.952. The van der Waals surface area contributed by atoms with Crippen LogP contribution in [0.3, 0.4) is 0 Å². The molecule has 0 atom stereocenters. The van der Waals surface area contributed by atoms with Crippen molar-refractivity contribution < 1.29 is 9.59 Å². The number of carbonyl (C=O) groups is 2. The highest BCUT2D eigenvalue weighted by Crippen LogP contribution is 2.28. The molecule has 2 heterocycles. The third-order valence-corrected chi connectivity index (χ3v) is 6.41. The highest BCUT2D eigenvalue weighted by atomic mass is 35.5. The number of thiocarbonyl (C=S) groups is 1. The van der Waals surface area contributed by atoms with Gasteiger partial charge in [-0.05, 0) is 92.5 Å². The summed E-state index contributed by atoms with van der Waals surface area (Å²) in [7, 11) is 0. The van der Waals surface area contributed by atoms with E-state index in [0.717, 1.165) is 40.2 Å². The minimum absolute atomic E-state index is 0.0336. The average molecular weight is 478 g/mol. The molecule has 0 spiro atoms. The van der Waals surface area contributed by atoms with Crippen molar-refractivity contribution in [2.45, 2.75) is 34.1 Å². The lowest BCUT2D eigenvalue weighted by molar-refractivity contribution is -0.122. The van der Waals surface area contributed by atoms with Crippen molar-refractivity contribution in [1.82, 2.24) is 9.88 Å². The monoisotopic (exact) mass is 477 g/mol. The Bertz CT molecular complexity index is 1320. The number of rotatable bonds is 4. The Labute approximate surface area is 203 Å². The molecule has 7 heteroatoms. The van der Waals surface area contributed by atoms with Gasteiger partial charge < -0.3 is 4.57 Å². The van der Waals surface area contributed by atoms with Crippen LogP contribution >= 0.6 is 23.8 Å². The summed E-state index contributed by atoms with van der Waals surface area (Å²) in [6.45, 7) is 8.02. The van der Waals surface area contributed by atoms with E-state index >= 15 is 0 Å². The molecule has 1 aliphatic heterocycles. The third kappa shape index (κ3) is 4.24. The number of nitrogens with one attached hydrogen (secondary N) is 1. The summed E-state index contributed by atoms with van der Waals surface area (Å²) in [4.78, 5) is 27.5. The number of aromatic nitrogens is 1. The number of hydrogen-bond donors (Lipinski definition) is 1. The maximum atomic E-state index is 13.4. The van der Waals surface area contributed by atoms with Crippen molar-refractivity contribution in [2.75, 3.05) is 4.90 Å². The van der Waals surface area contributed by atoms with E-state index in [-0.39, 0.29) is 10.7 Å². The standard InChI is InChI=1S/C26H24ClN3O2S/c1-5-18-7-10-21(11-8-18)30-25(32)22(24(31)28-26(30)33)13-19-12-16(3)29(17(19)4)23-14-20(27)9-6-15(23)2/h6-14H,5H2,1-4H3,(H,28,31,33)/b22-13+. The first-order valence-electron chi connectivity index (χ1n) is 10.7. The van der Waals surface area contributed by atoms with Gasteiger partial charge in [-0.15, -0.1) is 0 Å². The zero-order valence-electron chi connectivity index (χ0n) is 18.9. The first-order chi connectivity index (χ1) is 15.7. The van der Waals surface area contributed by atoms with Gasteiger partial charge in [0.2, 0.25) is 0 Å². The molecule has 2 aromatic carbocycles. The van der Waals surface area contributed by atoms with Crippen molar-refractivity contribution in [2.24, 2.45) is 0 Å². The molecule has 5 nitrogen and oxygen atoms in total. The molecule has 168 valence electrons. The Morgan fingerprint density at radius 3 is 2.39 bits per heavy atom. The van der Waals surface area contributed by atoms with Gasteiger partial charge in [0.15, 0.2) is 5.11 Å². The van der Waals surface area contributed by atoms with E-state index in [1.165, 1.54) is 4.90 Å². The number of nitrogens with zero attached hydrogens (tertiary/aromatic N) is 2. The predicted molar refractivity (Wildman–Crippen MR) is 137 cm³/mol. The van der Waals surface area contributed by atoms with Crippen molar-refractivity contribution in [1.29, 1.82) is 0 Å². The second kappa shape index (κ2) is 8.96.